The molecule has 1 aromatic rings. The average Bonchev–Trinajstić information content (AvgIpc) is 3.05. The Bertz CT molecular complexity index is 425. The number of nitrogen functional groups attached to an aromatic ring is 1. The predicted octanol–water partition coefficient (Wildman–Crippen LogP) is 3.47. The second-order valence-corrected chi connectivity index (χ2v) is 7.02. The summed E-state index contributed by atoms with van der Waals surface area (Å²) in [4.78, 5) is 0. The van der Waals surface area contributed by atoms with Gasteiger partial charge in [0.2, 0.25) is 0 Å². The van der Waals surface area contributed by atoms with Crippen molar-refractivity contribution in [2.24, 2.45) is 5.41 Å². The molecule has 0 heterocycles. The predicted molar refractivity (Wildman–Crippen MR) is 81.2 cm³/mol. The Morgan fingerprint density at radius 1 is 1.00 bits per heavy atom. The fourth-order valence-corrected chi connectivity index (χ4v) is 3.56. The molecule has 3 rings (SSSR count). The van der Waals surface area contributed by atoms with Crippen LogP contribution in [-0.4, -0.2) is 13.1 Å². The highest BCUT2D eigenvalue weighted by atomic mass is 14.9. The smallest absolute Gasteiger partial charge is 0.0314 e. The van der Waals surface area contributed by atoms with Crippen molar-refractivity contribution in [1.29, 1.82) is 0 Å². The summed E-state index contributed by atoms with van der Waals surface area (Å²) in [6, 6.07) is 8.49. The third kappa shape index (κ3) is 2.79. The van der Waals surface area contributed by atoms with Gasteiger partial charge in [-0.3, -0.25) is 0 Å². The molecule has 1 aromatic carbocycles. The number of benzene rings is 1. The lowest BCUT2D eigenvalue weighted by atomic mass is 9.88. The largest absolute Gasteiger partial charge is 0.399 e. The number of nitrogens with one attached hydrogen (secondary N) is 1. The Kier molecular flexibility index (Phi) is 3.30. The summed E-state index contributed by atoms with van der Waals surface area (Å²) in [5.41, 5.74) is 9.06. The monoisotopic (exact) mass is 258 g/mol. The van der Waals surface area contributed by atoms with E-state index in [0.717, 1.165) is 12.2 Å². The summed E-state index contributed by atoms with van der Waals surface area (Å²) in [5, 5.41) is 3.75. The molecule has 2 heteroatoms. The third-order valence-electron chi connectivity index (χ3n) is 5.20. The van der Waals surface area contributed by atoms with Crippen molar-refractivity contribution in [3.63, 3.8) is 0 Å². The van der Waals surface area contributed by atoms with Crippen molar-refractivity contribution in [2.45, 2.75) is 50.9 Å². The van der Waals surface area contributed by atoms with E-state index in [-0.39, 0.29) is 0 Å². The second-order valence-electron chi connectivity index (χ2n) is 7.02. The Balaban J connectivity index is 1.56. The molecular formula is C17H26N2. The summed E-state index contributed by atoms with van der Waals surface area (Å²) in [6.07, 6.45) is 8.27. The van der Waals surface area contributed by atoms with Crippen LogP contribution >= 0.6 is 0 Å². The first-order valence-corrected chi connectivity index (χ1v) is 7.69. The molecule has 0 radical (unpaired) electrons. The number of anilines is 1. The molecule has 2 aliphatic carbocycles. The van der Waals surface area contributed by atoms with Crippen molar-refractivity contribution >= 4 is 5.69 Å². The van der Waals surface area contributed by atoms with Crippen molar-refractivity contribution in [3.05, 3.63) is 29.8 Å². The van der Waals surface area contributed by atoms with Crippen LogP contribution in [0.2, 0.25) is 0 Å². The molecule has 0 spiro atoms. The molecule has 0 aliphatic heterocycles. The summed E-state index contributed by atoms with van der Waals surface area (Å²) in [6.45, 7) is 4.76. The van der Waals surface area contributed by atoms with Crippen LogP contribution in [0.1, 0.15) is 51.0 Å². The zero-order valence-electron chi connectivity index (χ0n) is 12.0. The van der Waals surface area contributed by atoms with Crippen molar-refractivity contribution < 1.29 is 0 Å². The highest BCUT2D eigenvalue weighted by molar-refractivity contribution is 5.43. The van der Waals surface area contributed by atoms with Gasteiger partial charge in [-0.2, -0.15) is 0 Å². The Hall–Kier alpha value is -1.02. The van der Waals surface area contributed by atoms with E-state index < -0.39 is 0 Å². The molecule has 19 heavy (non-hydrogen) atoms. The van der Waals surface area contributed by atoms with E-state index >= 15 is 0 Å². The van der Waals surface area contributed by atoms with Gasteiger partial charge in [0.05, 0.1) is 0 Å². The lowest BCUT2D eigenvalue weighted by Crippen LogP contribution is -2.35. The maximum atomic E-state index is 5.77. The molecule has 0 unspecified atom stereocenters. The van der Waals surface area contributed by atoms with Crippen molar-refractivity contribution in [2.75, 3.05) is 18.8 Å². The molecule has 3 N–H and O–H groups in total. The van der Waals surface area contributed by atoms with Crippen molar-refractivity contribution in [1.82, 2.24) is 5.32 Å². The average molecular weight is 258 g/mol. The second kappa shape index (κ2) is 4.82. The Labute approximate surface area is 116 Å². The van der Waals surface area contributed by atoms with Crippen LogP contribution in [0.5, 0.6) is 0 Å². The molecule has 2 aliphatic rings. The van der Waals surface area contributed by atoms with Crippen LogP contribution in [0, 0.1) is 5.41 Å². The number of nitrogens with two attached hydrogens (primary N) is 1. The maximum Gasteiger partial charge on any atom is 0.0314 e. The summed E-state index contributed by atoms with van der Waals surface area (Å²) < 4.78 is 0. The third-order valence-corrected chi connectivity index (χ3v) is 5.20. The van der Waals surface area contributed by atoms with E-state index in [1.165, 1.54) is 50.6 Å². The van der Waals surface area contributed by atoms with Crippen LogP contribution in [-0.2, 0) is 5.41 Å². The van der Waals surface area contributed by atoms with Gasteiger partial charge < -0.3 is 11.1 Å². The molecule has 0 saturated heterocycles. The molecule has 0 bridgehead atoms. The first-order valence-electron chi connectivity index (χ1n) is 7.69. The van der Waals surface area contributed by atoms with E-state index in [1.54, 1.807) is 0 Å². The lowest BCUT2D eigenvalue weighted by molar-refractivity contribution is 0.310. The number of hydrogen-bond donors (Lipinski definition) is 2. The maximum absolute atomic E-state index is 5.77. The first-order chi connectivity index (χ1) is 9.12. The molecule has 2 fully saturated rings. The van der Waals surface area contributed by atoms with E-state index in [1.807, 2.05) is 12.1 Å². The van der Waals surface area contributed by atoms with Gasteiger partial charge in [0, 0.05) is 24.2 Å². The van der Waals surface area contributed by atoms with Crippen LogP contribution < -0.4 is 11.1 Å². The molecule has 0 atom stereocenters. The first kappa shape index (κ1) is 13.0. The highest BCUT2D eigenvalue weighted by Crippen LogP contribution is 2.48. The van der Waals surface area contributed by atoms with Gasteiger partial charge in [-0.05, 0) is 48.8 Å². The molecule has 2 nitrogen and oxygen atoms in total. The molecule has 2 saturated carbocycles. The highest BCUT2D eigenvalue weighted by Gasteiger charge is 2.44. The van der Waals surface area contributed by atoms with Gasteiger partial charge in [0.15, 0.2) is 0 Å². The molecule has 0 amide bonds. The molecular weight excluding hydrogens is 232 g/mol. The Morgan fingerprint density at radius 3 is 2.21 bits per heavy atom. The van der Waals surface area contributed by atoms with E-state index in [0.29, 0.717) is 10.8 Å². The van der Waals surface area contributed by atoms with Gasteiger partial charge in [-0.25, -0.2) is 0 Å². The Morgan fingerprint density at radius 2 is 1.63 bits per heavy atom. The van der Waals surface area contributed by atoms with Gasteiger partial charge in [-0.15, -0.1) is 0 Å². The van der Waals surface area contributed by atoms with E-state index in [2.05, 4.69) is 24.4 Å². The minimum absolute atomic E-state index is 0.405. The summed E-state index contributed by atoms with van der Waals surface area (Å²) in [5.74, 6) is 0. The number of rotatable bonds is 5. The molecule has 104 valence electrons. The van der Waals surface area contributed by atoms with Crippen LogP contribution in [0.4, 0.5) is 5.69 Å². The summed E-state index contributed by atoms with van der Waals surface area (Å²) in [7, 11) is 0. The van der Waals surface area contributed by atoms with Crippen molar-refractivity contribution in [3.8, 4) is 0 Å². The van der Waals surface area contributed by atoms with Gasteiger partial charge in [0.25, 0.3) is 0 Å². The lowest BCUT2D eigenvalue weighted by Gasteiger charge is -2.26. The van der Waals surface area contributed by atoms with Crippen LogP contribution in [0.25, 0.3) is 0 Å². The fraction of sp³-hybridized carbons (Fsp3) is 0.647. The minimum Gasteiger partial charge on any atom is -0.399 e. The SMILES string of the molecule is CC1(CNCC2(c3ccc(N)cc3)CC2)CCCC1. The van der Waals surface area contributed by atoms with Gasteiger partial charge in [0.1, 0.15) is 0 Å². The number of hydrogen-bond acceptors (Lipinski definition) is 2. The van der Waals surface area contributed by atoms with Crippen LogP contribution in [0.15, 0.2) is 24.3 Å². The topological polar surface area (TPSA) is 38.0 Å². The van der Waals surface area contributed by atoms with E-state index in [4.69, 9.17) is 5.73 Å². The zero-order valence-corrected chi connectivity index (χ0v) is 12.0. The van der Waals surface area contributed by atoms with E-state index in [9.17, 15) is 0 Å². The molecule has 0 aromatic heterocycles. The summed E-state index contributed by atoms with van der Waals surface area (Å²) >= 11 is 0. The minimum atomic E-state index is 0.405. The van der Waals surface area contributed by atoms with Gasteiger partial charge >= 0.3 is 0 Å². The van der Waals surface area contributed by atoms with Crippen LogP contribution in [0.3, 0.4) is 0 Å². The van der Waals surface area contributed by atoms with Gasteiger partial charge in [-0.1, -0.05) is 31.9 Å². The standard InChI is InChI=1S/C17H26N2/c1-16(8-2-3-9-16)12-19-13-17(10-11-17)14-4-6-15(18)7-5-14/h4-7,19H,2-3,8-13,18H2,1H3. The quantitative estimate of drug-likeness (QED) is 0.794. The zero-order chi connectivity index (χ0) is 13.3. The fourth-order valence-electron chi connectivity index (χ4n) is 3.56. The normalized spacial score (nSPS) is 23.4.